The molecule has 0 aliphatic carbocycles. The fraction of sp³-hybridized carbons (Fsp3) is 0.240. The van der Waals surface area contributed by atoms with Crippen molar-refractivity contribution in [1.29, 1.82) is 0 Å². The van der Waals surface area contributed by atoms with E-state index in [-0.39, 0.29) is 5.56 Å². The van der Waals surface area contributed by atoms with Crippen LogP contribution in [0.15, 0.2) is 61.7 Å². The molecule has 2 aromatic carbocycles. The Bertz CT molecular complexity index is 1030. The Balaban J connectivity index is 0.00000291. The Morgan fingerprint density at radius 2 is 1.53 bits per heavy atom. The summed E-state index contributed by atoms with van der Waals surface area (Å²) in [5.41, 5.74) is 11.2. The third kappa shape index (κ3) is 9.63. The number of halogens is 2. The monoisotopic (exact) mass is 503 g/mol. The lowest BCUT2D eigenvalue weighted by molar-refractivity contribution is -0.134. The molecule has 2 unspecified atom stereocenters. The van der Waals surface area contributed by atoms with Crippen LogP contribution in [0.1, 0.15) is 34.0 Å². The second-order valence-electron chi connectivity index (χ2n) is 7.07. The molecule has 0 aliphatic rings. The highest BCUT2D eigenvalue weighted by atomic mass is 19.3. The Morgan fingerprint density at radius 1 is 1.06 bits per heavy atom. The Kier molecular flexibility index (Phi) is 14.6. The molecule has 0 aromatic heterocycles. The van der Waals surface area contributed by atoms with Crippen molar-refractivity contribution in [2.24, 2.45) is 11.5 Å². The number of hydroxylamine groups is 1. The summed E-state index contributed by atoms with van der Waals surface area (Å²) in [5, 5.41) is 13.5. The molecule has 11 heteroatoms. The topological polar surface area (TPSA) is 160 Å². The van der Waals surface area contributed by atoms with E-state index in [1.54, 1.807) is 24.3 Å². The van der Waals surface area contributed by atoms with E-state index in [4.69, 9.17) is 10.9 Å². The number of hydrogen-bond donors (Lipinski definition) is 6. The van der Waals surface area contributed by atoms with Crippen molar-refractivity contribution < 1.29 is 28.4 Å². The number of carbonyl (C=O) groups excluding carboxylic acids is 3. The van der Waals surface area contributed by atoms with E-state index in [2.05, 4.69) is 41.4 Å². The van der Waals surface area contributed by atoms with E-state index in [1.807, 2.05) is 12.1 Å². The minimum Gasteiger partial charge on any atom is -0.355 e. The normalized spacial score (nSPS) is 12.0. The highest BCUT2D eigenvalue weighted by Crippen LogP contribution is 2.18. The molecule has 8 N–H and O–H groups in total. The summed E-state index contributed by atoms with van der Waals surface area (Å²) in [7, 11) is 1.50. The molecule has 0 saturated carbocycles. The lowest BCUT2D eigenvalue weighted by Gasteiger charge is -2.32. The molecule has 0 radical (unpaired) electrons. The molecule has 9 nitrogen and oxygen atoms in total. The second kappa shape index (κ2) is 16.5. The van der Waals surface area contributed by atoms with Gasteiger partial charge >= 0.3 is 0 Å². The summed E-state index contributed by atoms with van der Waals surface area (Å²) in [6.45, 7) is 7.31. The number of hydrogen-bond acceptors (Lipinski definition) is 6. The van der Waals surface area contributed by atoms with Crippen molar-refractivity contribution in [2.75, 3.05) is 7.05 Å². The van der Waals surface area contributed by atoms with Crippen LogP contribution < -0.4 is 27.6 Å². The minimum absolute atomic E-state index is 0.0865. The summed E-state index contributed by atoms with van der Waals surface area (Å²) < 4.78 is 26.4. The molecule has 0 spiro atoms. The Hall–Kier alpha value is -4.11. The molecule has 0 saturated heterocycles. The van der Waals surface area contributed by atoms with Gasteiger partial charge in [0.1, 0.15) is 11.6 Å². The van der Waals surface area contributed by atoms with Gasteiger partial charge in [0.25, 0.3) is 18.2 Å². The van der Waals surface area contributed by atoms with Crippen molar-refractivity contribution in [3.8, 4) is 11.8 Å². The van der Waals surface area contributed by atoms with E-state index in [0.717, 1.165) is 18.1 Å². The van der Waals surface area contributed by atoms with Crippen LogP contribution in [0.3, 0.4) is 0 Å². The summed E-state index contributed by atoms with van der Waals surface area (Å²) in [4.78, 5) is 34.5. The third-order valence-electron chi connectivity index (χ3n) is 4.58. The van der Waals surface area contributed by atoms with Gasteiger partial charge in [-0.1, -0.05) is 24.0 Å². The van der Waals surface area contributed by atoms with Gasteiger partial charge in [-0.25, -0.2) is 14.3 Å². The summed E-state index contributed by atoms with van der Waals surface area (Å²) >= 11 is 0. The van der Waals surface area contributed by atoms with Gasteiger partial charge in [0.2, 0.25) is 6.41 Å². The van der Waals surface area contributed by atoms with Gasteiger partial charge in [0.15, 0.2) is 0 Å². The van der Waals surface area contributed by atoms with Crippen molar-refractivity contribution in [2.45, 2.75) is 31.5 Å². The molecule has 0 bridgehead atoms. The summed E-state index contributed by atoms with van der Waals surface area (Å²) in [6, 6.07) is 11.3. The number of nitrogens with one attached hydrogen (secondary N) is 3. The summed E-state index contributed by atoms with van der Waals surface area (Å²) in [6.07, 6.45) is -2.52. The highest BCUT2D eigenvalue weighted by molar-refractivity contribution is 5.98. The fourth-order valence-electron chi connectivity index (χ4n) is 2.62. The zero-order chi connectivity index (χ0) is 27.7. The van der Waals surface area contributed by atoms with Gasteiger partial charge in [0, 0.05) is 23.2 Å². The van der Waals surface area contributed by atoms with Gasteiger partial charge in [-0.05, 0) is 55.9 Å². The second-order valence-corrected chi connectivity index (χ2v) is 7.07. The third-order valence-corrected chi connectivity index (χ3v) is 4.58. The molecule has 3 amide bonds. The Labute approximate surface area is 208 Å². The predicted molar refractivity (Wildman–Crippen MR) is 133 cm³/mol. The van der Waals surface area contributed by atoms with Crippen molar-refractivity contribution in [3.63, 3.8) is 0 Å². The van der Waals surface area contributed by atoms with E-state index >= 15 is 0 Å². The number of amides is 3. The standard InChI is InChI=1S/C22H22F2N4O4.C2H4.CH5N/c1-22(25,21(23)24)18(20(31)28-32)27-19(30)17-10-8-15(9-11-17)3-2-14-4-6-16(7-5-14)12-26-13-29;2*1-2/h4-11,13,18,21,32H,12,25H2,1H3,(H,26,29)(H,27,30)(H,28,31);1-2H2;2H2,1H3. The Morgan fingerprint density at radius 3 is 1.94 bits per heavy atom. The first-order valence-electron chi connectivity index (χ1n) is 10.5. The number of carbonyl (C=O) groups is 3. The zero-order valence-electron chi connectivity index (χ0n) is 20.1. The van der Waals surface area contributed by atoms with E-state index in [0.29, 0.717) is 18.5 Å². The summed E-state index contributed by atoms with van der Waals surface area (Å²) in [5.74, 6) is 3.80. The van der Waals surface area contributed by atoms with E-state index in [1.165, 1.54) is 24.7 Å². The van der Waals surface area contributed by atoms with Gasteiger partial charge in [0.05, 0.1) is 0 Å². The van der Waals surface area contributed by atoms with Crippen LogP contribution in [-0.4, -0.2) is 48.5 Å². The van der Waals surface area contributed by atoms with Gasteiger partial charge in [-0.2, -0.15) is 0 Å². The molecule has 36 heavy (non-hydrogen) atoms. The largest absolute Gasteiger partial charge is 0.355 e. The van der Waals surface area contributed by atoms with Crippen molar-refractivity contribution in [3.05, 3.63) is 83.9 Å². The van der Waals surface area contributed by atoms with Crippen molar-refractivity contribution >= 4 is 18.2 Å². The number of rotatable bonds is 8. The SMILES string of the molecule is C=C.CC(N)(C(F)F)C(NC(=O)c1ccc(C#Cc2ccc(CNC=O)cc2)cc1)C(=O)NO.CN. The predicted octanol–water partition coefficient (Wildman–Crippen LogP) is 1.30. The number of benzene rings is 2. The first-order chi connectivity index (χ1) is 17.2. The lowest BCUT2D eigenvalue weighted by Crippen LogP contribution is -2.66. The molecule has 2 aromatic rings. The fourth-order valence-corrected chi connectivity index (χ4v) is 2.62. The van der Waals surface area contributed by atoms with Crippen LogP contribution in [0.2, 0.25) is 0 Å². The molecule has 0 fully saturated rings. The number of alkyl halides is 2. The smallest absolute Gasteiger partial charge is 0.268 e. The minimum atomic E-state index is -3.14. The number of nitrogens with two attached hydrogens (primary N) is 2. The molecule has 0 aliphatic heterocycles. The highest BCUT2D eigenvalue weighted by Gasteiger charge is 2.44. The van der Waals surface area contributed by atoms with E-state index in [9.17, 15) is 23.2 Å². The maximum atomic E-state index is 13.2. The van der Waals surface area contributed by atoms with Crippen LogP contribution >= 0.6 is 0 Å². The maximum absolute atomic E-state index is 13.2. The van der Waals surface area contributed by atoms with Crippen LogP contribution in [0.4, 0.5) is 8.78 Å². The van der Waals surface area contributed by atoms with Crippen LogP contribution in [0, 0.1) is 11.8 Å². The molecule has 0 heterocycles. The van der Waals surface area contributed by atoms with Gasteiger partial charge < -0.3 is 22.1 Å². The van der Waals surface area contributed by atoms with Crippen LogP contribution in [0.25, 0.3) is 0 Å². The first-order valence-corrected chi connectivity index (χ1v) is 10.5. The molecular weight excluding hydrogens is 472 g/mol. The average molecular weight is 504 g/mol. The quantitative estimate of drug-likeness (QED) is 0.105. The average Bonchev–Trinajstić information content (AvgIpc) is 2.91. The zero-order valence-corrected chi connectivity index (χ0v) is 20.1. The van der Waals surface area contributed by atoms with Gasteiger partial charge in [-0.3, -0.25) is 19.6 Å². The van der Waals surface area contributed by atoms with Crippen LogP contribution in [0.5, 0.6) is 0 Å². The molecule has 2 atom stereocenters. The maximum Gasteiger partial charge on any atom is 0.268 e. The van der Waals surface area contributed by atoms with Crippen molar-refractivity contribution in [1.82, 2.24) is 16.1 Å². The molecule has 2 rings (SSSR count). The lowest BCUT2D eigenvalue weighted by atomic mass is 9.92. The van der Waals surface area contributed by atoms with Gasteiger partial charge in [-0.15, -0.1) is 13.2 Å². The molecular formula is C25H31F2N5O4. The van der Waals surface area contributed by atoms with Crippen LogP contribution in [-0.2, 0) is 16.1 Å². The first kappa shape index (κ1) is 31.9. The molecule has 194 valence electrons. The van der Waals surface area contributed by atoms with E-state index < -0.39 is 29.8 Å².